The van der Waals surface area contributed by atoms with Gasteiger partial charge in [0.15, 0.2) is 0 Å². The molecular formula is C16H25ClN2O. The standard InChI is InChI=1S/C16H25ClN2O/c1-13(20)12-19-8-6-14(7-9-19)10-18-11-15-4-2-3-5-16(15)17/h2-5,13-14,18,20H,6-12H2,1H3/t13-/m0/s1. The summed E-state index contributed by atoms with van der Waals surface area (Å²) in [4.78, 5) is 2.36. The minimum Gasteiger partial charge on any atom is -0.392 e. The van der Waals surface area contributed by atoms with Crippen LogP contribution in [0.15, 0.2) is 24.3 Å². The normalized spacial score (nSPS) is 19.1. The lowest BCUT2D eigenvalue weighted by Gasteiger charge is -2.32. The maximum Gasteiger partial charge on any atom is 0.0639 e. The number of hydrogen-bond donors (Lipinski definition) is 2. The molecule has 0 radical (unpaired) electrons. The van der Waals surface area contributed by atoms with Gasteiger partial charge in [-0.05, 0) is 56.9 Å². The number of piperidine rings is 1. The summed E-state index contributed by atoms with van der Waals surface area (Å²) in [6.07, 6.45) is 2.20. The van der Waals surface area contributed by atoms with Gasteiger partial charge in [0, 0.05) is 18.1 Å². The van der Waals surface area contributed by atoms with Gasteiger partial charge < -0.3 is 15.3 Å². The highest BCUT2D eigenvalue weighted by Crippen LogP contribution is 2.18. The molecule has 1 saturated heterocycles. The van der Waals surface area contributed by atoms with E-state index in [-0.39, 0.29) is 6.10 Å². The Morgan fingerprint density at radius 3 is 2.70 bits per heavy atom. The summed E-state index contributed by atoms with van der Waals surface area (Å²) in [6, 6.07) is 7.99. The van der Waals surface area contributed by atoms with Crippen molar-refractivity contribution >= 4 is 11.6 Å². The molecule has 0 spiro atoms. The Bertz CT molecular complexity index is 403. The number of β-amino-alcohol motifs (C(OH)–C–C–N with tert-alkyl or cyclic N) is 1. The molecule has 112 valence electrons. The number of aliphatic hydroxyl groups is 1. The van der Waals surface area contributed by atoms with E-state index in [1.54, 1.807) is 0 Å². The number of nitrogens with zero attached hydrogens (tertiary/aromatic N) is 1. The number of rotatable bonds is 6. The lowest BCUT2D eigenvalue weighted by molar-refractivity contribution is 0.0998. The largest absolute Gasteiger partial charge is 0.392 e. The third kappa shape index (κ3) is 5.06. The number of hydrogen-bond acceptors (Lipinski definition) is 3. The van der Waals surface area contributed by atoms with E-state index in [9.17, 15) is 5.11 Å². The lowest BCUT2D eigenvalue weighted by atomic mass is 9.96. The minimum absolute atomic E-state index is 0.218. The molecule has 0 unspecified atom stereocenters. The van der Waals surface area contributed by atoms with Crippen molar-refractivity contribution in [1.82, 2.24) is 10.2 Å². The van der Waals surface area contributed by atoms with Crippen molar-refractivity contribution in [1.29, 1.82) is 0 Å². The molecule has 1 atom stereocenters. The predicted octanol–water partition coefficient (Wildman–Crippen LogP) is 2.52. The van der Waals surface area contributed by atoms with Crippen LogP contribution in [-0.4, -0.2) is 42.3 Å². The predicted molar refractivity (Wildman–Crippen MR) is 84.0 cm³/mol. The van der Waals surface area contributed by atoms with Crippen molar-refractivity contribution < 1.29 is 5.11 Å². The second-order valence-electron chi connectivity index (χ2n) is 5.82. The highest BCUT2D eigenvalue weighted by atomic mass is 35.5. The van der Waals surface area contributed by atoms with Crippen molar-refractivity contribution in [2.45, 2.75) is 32.4 Å². The van der Waals surface area contributed by atoms with Crippen LogP contribution in [0.1, 0.15) is 25.3 Å². The number of nitrogens with one attached hydrogen (secondary N) is 1. The first-order chi connectivity index (χ1) is 9.65. The lowest BCUT2D eigenvalue weighted by Crippen LogP contribution is -2.40. The number of halogens is 1. The molecule has 2 N–H and O–H groups in total. The van der Waals surface area contributed by atoms with Crippen molar-refractivity contribution in [3.05, 3.63) is 34.9 Å². The summed E-state index contributed by atoms with van der Waals surface area (Å²) in [5, 5.41) is 13.8. The highest BCUT2D eigenvalue weighted by Gasteiger charge is 2.19. The van der Waals surface area contributed by atoms with Gasteiger partial charge in [-0.25, -0.2) is 0 Å². The fraction of sp³-hybridized carbons (Fsp3) is 0.625. The molecule has 1 aromatic rings. The maximum atomic E-state index is 9.40. The SMILES string of the molecule is C[C@H](O)CN1CCC(CNCc2ccccc2Cl)CC1. The molecule has 0 aromatic heterocycles. The van der Waals surface area contributed by atoms with Crippen molar-refractivity contribution in [2.24, 2.45) is 5.92 Å². The Morgan fingerprint density at radius 2 is 2.05 bits per heavy atom. The van der Waals surface area contributed by atoms with Crippen LogP contribution < -0.4 is 5.32 Å². The second-order valence-corrected chi connectivity index (χ2v) is 6.22. The van der Waals surface area contributed by atoms with Gasteiger partial charge in [-0.15, -0.1) is 0 Å². The quantitative estimate of drug-likeness (QED) is 0.847. The third-order valence-electron chi connectivity index (χ3n) is 3.94. The van der Waals surface area contributed by atoms with Crippen LogP contribution >= 0.6 is 11.6 Å². The van der Waals surface area contributed by atoms with Crippen molar-refractivity contribution in [2.75, 3.05) is 26.2 Å². The Morgan fingerprint density at radius 1 is 1.35 bits per heavy atom. The zero-order chi connectivity index (χ0) is 14.4. The van der Waals surface area contributed by atoms with Crippen LogP contribution in [0.4, 0.5) is 0 Å². The fourth-order valence-corrected chi connectivity index (χ4v) is 3.00. The van der Waals surface area contributed by atoms with Gasteiger partial charge in [-0.3, -0.25) is 0 Å². The monoisotopic (exact) mass is 296 g/mol. The molecule has 1 aliphatic heterocycles. The smallest absolute Gasteiger partial charge is 0.0639 e. The average molecular weight is 297 g/mol. The molecule has 4 heteroatoms. The van der Waals surface area contributed by atoms with Crippen LogP contribution in [0.5, 0.6) is 0 Å². The van der Waals surface area contributed by atoms with E-state index >= 15 is 0 Å². The van der Waals surface area contributed by atoms with Gasteiger partial charge in [0.1, 0.15) is 0 Å². The first-order valence-corrected chi connectivity index (χ1v) is 7.87. The molecule has 2 rings (SSSR count). The van der Waals surface area contributed by atoms with E-state index in [1.165, 1.54) is 18.4 Å². The van der Waals surface area contributed by atoms with E-state index in [2.05, 4.69) is 16.3 Å². The number of likely N-dealkylation sites (tertiary alicyclic amines) is 1. The topological polar surface area (TPSA) is 35.5 Å². The molecule has 1 fully saturated rings. The van der Waals surface area contributed by atoms with E-state index in [4.69, 9.17) is 11.6 Å². The molecule has 0 amide bonds. The van der Waals surface area contributed by atoms with E-state index in [0.717, 1.165) is 43.7 Å². The van der Waals surface area contributed by atoms with Crippen LogP contribution in [0.25, 0.3) is 0 Å². The number of aliphatic hydroxyl groups excluding tert-OH is 1. The van der Waals surface area contributed by atoms with Crippen LogP contribution in [0.2, 0.25) is 5.02 Å². The molecule has 1 aromatic carbocycles. The van der Waals surface area contributed by atoms with Gasteiger partial charge in [0.2, 0.25) is 0 Å². The first-order valence-electron chi connectivity index (χ1n) is 7.49. The molecular weight excluding hydrogens is 272 g/mol. The summed E-state index contributed by atoms with van der Waals surface area (Å²) < 4.78 is 0. The zero-order valence-electron chi connectivity index (χ0n) is 12.2. The molecule has 1 aliphatic rings. The van der Waals surface area contributed by atoms with E-state index in [1.807, 2.05) is 25.1 Å². The zero-order valence-corrected chi connectivity index (χ0v) is 12.9. The molecule has 0 saturated carbocycles. The third-order valence-corrected chi connectivity index (χ3v) is 4.30. The van der Waals surface area contributed by atoms with Gasteiger partial charge in [0.25, 0.3) is 0 Å². The van der Waals surface area contributed by atoms with E-state index in [0.29, 0.717) is 0 Å². The summed E-state index contributed by atoms with van der Waals surface area (Å²) in [7, 11) is 0. The van der Waals surface area contributed by atoms with Crippen LogP contribution in [0.3, 0.4) is 0 Å². The van der Waals surface area contributed by atoms with Gasteiger partial charge in [-0.2, -0.15) is 0 Å². The highest BCUT2D eigenvalue weighted by molar-refractivity contribution is 6.31. The molecule has 3 nitrogen and oxygen atoms in total. The fourth-order valence-electron chi connectivity index (χ4n) is 2.80. The van der Waals surface area contributed by atoms with E-state index < -0.39 is 0 Å². The van der Waals surface area contributed by atoms with Gasteiger partial charge >= 0.3 is 0 Å². The summed E-state index contributed by atoms with van der Waals surface area (Å²) >= 11 is 6.14. The minimum atomic E-state index is -0.218. The molecule has 1 heterocycles. The summed E-state index contributed by atoms with van der Waals surface area (Å²) in [5.74, 6) is 0.739. The van der Waals surface area contributed by atoms with Crippen LogP contribution in [0, 0.1) is 5.92 Å². The second kappa shape index (κ2) is 7.99. The van der Waals surface area contributed by atoms with Crippen molar-refractivity contribution in [3.63, 3.8) is 0 Å². The Hall–Kier alpha value is -0.610. The molecule has 0 aliphatic carbocycles. The maximum absolute atomic E-state index is 9.40. The number of benzene rings is 1. The van der Waals surface area contributed by atoms with Gasteiger partial charge in [0.05, 0.1) is 6.10 Å². The Labute approximate surface area is 126 Å². The summed E-state index contributed by atoms with van der Waals surface area (Å²) in [6.45, 7) is 6.75. The van der Waals surface area contributed by atoms with Crippen LogP contribution in [-0.2, 0) is 6.54 Å². The van der Waals surface area contributed by atoms with Crippen molar-refractivity contribution in [3.8, 4) is 0 Å². The molecule has 20 heavy (non-hydrogen) atoms. The van der Waals surface area contributed by atoms with Gasteiger partial charge in [-0.1, -0.05) is 29.8 Å². The first kappa shape index (κ1) is 15.8. The molecule has 0 bridgehead atoms. The average Bonchev–Trinajstić information content (AvgIpc) is 2.42. The Kier molecular flexibility index (Phi) is 6.30. The Balaban J connectivity index is 1.65. The summed E-state index contributed by atoms with van der Waals surface area (Å²) in [5.41, 5.74) is 1.17.